The molecule has 2 heteroatoms. The van der Waals surface area contributed by atoms with Gasteiger partial charge in [0.05, 0.1) is 7.11 Å². The Morgan fingerprint density at radius 3 is 2.28 bits per heavy atom. The fourth-order valence-corrected chi connectivity index (χ4v) is 5.39. The molecule has 0 radical (unpaired) electrons. The summed E-state index contributed by atoms with van der Waals surface area (Å²) in [4.78, 5) is 11.9. The van der Waals surface area contributed by atoms with Crippen molar-refractivity contribution in [2.24, 2.45) is 11.3 Å². The van der Waals surface area contributed by atoms with E-state index in [-0.39, 0.29) is 5.78 Å². The van der Waals surface area contributed by atoms with Crippen molar-refractivity contribution in [2.75, 3.05) is 7.11 Å². The molecule has 5 rings (SSSR count). The number of carbonyl (C=O) groups is 1. The van der Waals surface area contributed by atoms with Gasteiger partial charge < -0.3 is 4.74 Å². The fourth-order valence-electron chi connectivity index (χ4n) is 5.39. The number of carbonyl (C=O) groups excluding carboxylic acids is 1. The van der Waals surface area contributed by atoms with Crippen molar-refractivity contribution in [1.82, 2.24) is 0 Å². The molecule has 186 valence electrons. The summed E-state index contributed by atoms with van der Waals surface area (Å²) < 4.78 is 5.07. The molecule has 1 saturated carbocycles. The van der Waals surface area contributed by atoms with Gasteiger partial charge in [0.1, 0.15) is 5.75 Å². The number of Topliss-reactive ketones (excluding diaryl/α,β-unsaturated/α-hetero) is 1. The molecule has 0 N–H and O–H groups in total. The van der Waals surface area contributed by atoms with Gasteiger partial charge >= 0.3 is 0 Å². The minimum atomic E-state index is 0.135. The van der Waals surface area contributed by atoms with Crippen molar-refractivity contribution >= 4 is 16.6 Å². The molecule has 0 bridgehead atoms. The SMILES string of the molecule is CCC1(C)CCC(Cc2cccc3ccccc23)C1.COc1ccc(CC(=O)c2ccccc2)cc1. The van der Waals surface area contributed by atoms with E-state index in [9.17, 15) is 4.79 Å². The molecule has 1 aliphatic carbocycles. The lowest BCUT2D eigenvalue weighted by molar-refractivity contribution is 0.0993. The zero-order valence-corrected chi connectivity index (χ0v) is 21.9. The van der Waals surface area contributed by atoms with Crippen LogP contribution < -0.4 is 4.74 Å². The third kappa shape index (κ3) is 6.63. The van der Waals surface area contributed by atoms with E-state index in [1.807, 2.05) is 54.6 Å². The minimum absolute atomic E-state index is 0.135. The van der Waals surface area contributed by atoms with Crippen molar-refractivity contribution in [3.8, 4) is 5.75 Å². The summed E-state index contributed by atoms with van der Waals surface area (Å²) in [6.07, 6.45) is 7.25. The normalized spacial score (nSPS) is 18.9. The third-order valence-corrected chi connectivity index (χ3v) is 7.80. The summed E-state index contributed by atoms with van der Waals surface area (Å²) in [5.41, 5.74) is 3.90. The fraction of sp³-hybridized carbons (Fsp3) is 0.324. The molecule has 1 fully saturated rings. The summed E-state index contributed by atoms with van der Waals surface area (Å²) >= 11 is 0. The van der Waals surface area contributed by atoms with Crippen molar-refractivity contribution in [3.63, 3.8) is 0 Å². The van der Waals surface area contributed by atoms with Crippen molar-refractivity contribution in [1.29, 1.82) is 0 Å². The lowest BCUT2D eigenvalue weighted by atomic mass is 9.84. The van der Waals surface area contributed by atoms with Crippen LogP contribution in [0, 0.1) is 11.3 Å². The standard InChI is InChI=1S/C19H24.C15H14O2/c1-3-19(2)12-11-15(14-19)13-17-9-6-8-16-7-4-5-10-18(16)17;1-17-14-9-7-12(8-10-14)11-15(16)13-5-3-2-4-6-13/h4-10,15H,3,11-14H2,1-2H3;2-10H,11H2,1H3. The molecule has 0 aliphatic heterocycles. The van der Waals surface area contributed by atoms with E-state index < -0.39 is 0 Å². The highest BCUT2D eigenvalue weighted by molar-refractivity contribution is 5.97. The van der Waals surface area contributed by atoms with Gasteiger partial charge in [-0.1, -0.05) is 105 Å². The maximum Gasteiger partial charge on any atom is 0.167 e. The van der Waals surface area contributed by atoms with E-state index in [1.165, 1.54) is 42.9 Å². The summed E-state index contributed by atoms with van der Waals surface area (Å²) in [5, 5.41) is 2.84. The van der Waals surface area contributed by atoms with Crippen LogP contribution in [0.5, 0.6) is 5.75 Å². The largest absolute Gasteiger partial charge is 0.497 e. The summed E-state index contributed by atoms with van der Waals surface area (Å²) in [5.74, 6) is 1.83. The molecule has 1 aliphatic rings. The van der Waals surface area contributed by atoms with Gasteiger partial charge in [-0.05, 0) is 71.0 Å². The first-order chi connectivity index (χ1) is 17.5. The van der Waals surface area contributed by atoms with Crippen LogP contribution in [0.1, 0.15) is 61.0 Å². The van der Waals surface area contributed by atoms with Gasteiger partial charge in [-0.25, -0.2) is 0 Å². The first-order valence-electron chi connectivity index (χ1n) is 13.2. The zero-order chi connectivity index (χ0) is 25.4. The number of hydrogen-bond acceptors (Lipinski definition) is 2. The van der Waals surface area contributed by atoms with Crippen molar-refractivity contribution in [2.45, 2.75) is 52.4 Å². The van der Waals surface area contributed by atoms with Crippen molar-refractivity contribution in [3.05, 3.63) is 114 Å². The Kier molecular flexibility index (Phi) is 8.59. The summed E-state index contributed by atoms with van der Waals surface area (Å²) in [6.45, 7) is 4.82. The monoisotopic (exact) mass is 478 g/mol. The second-order valence-corrected chi connectivity index (χ2v) is 10.4. The summed E-state index contributed by atoms with van der Waals surface area (Å²) in [7, 11) is 1.63. The topological polar surface area (TPSA) is 26.3 Å². The Morgan fingerprint density at radius 2 is 1.58 bits per heavy atom. The van der Waals surface area contributed by atoms with Crippen LogP contribution in [0.2, 0.25) is 0 Å². The van der Waals surface area contributed by atoms with Crippen molar-refractivity contribution < 1.29 is 9.53 Å². The van der Waals surface area contributed by atoms with E-state index in [0.29, 0.717) is 11.8 Å². The van der Waals surface area contributed by atoms with Gasteiger partial charge in [0.25, 0.3) is 0 Å². The van der Waals surface area contributed by atoms with Crippen LogP contribution in [0.25, 0.3) is 10.8 Å². The smallest absolute Gasteiger partial charge is 0.167 e. The Labute approximate surface area is 216 Å². The highest BCUT2D eigenvalue weighted by atomic mass is 16.5. The number of ketones is 1. The molecule has 2 atom stereocenters. The second-order valence-electron chi connectivity index (χ2n) is 10.4. The lowest BCUT2D eigenvalue weighted by Gasteiger charge is -2.22. The third-order valence-electron chi connectivity index (χ3n) is 7.80. The Morgan fingerprint density at radius 1 is 0.889 bits per heavy atom. The maximum atomic E-state index is 11.9. The molecule has 4 aromatic carbocycles. The molecule has 2 unspecified atom stereocenters. The average Bonchev–Trinajstić information content (AvgIpc) is 3.31. The number of benzene rings is 4. The van der Waals surface area contributed by atoms with Crippen LogP contribution in [-0.2, 0) is 12.8 Å². The lowest BCUT2D eigenvalue weighted by Crippen LogP contribution is -2.10. The Balaban J connectivity index is 0.000000170. The van der Waals surface area contributed by atoms with E-state index in [4.69, 9.17) is 4.74 Å². The Bertz CT molecular complexity index is 1250. The van der Waals surface area contributed by atoms with Gasteiger partial charge in [-0.2, -0.15) is 0 Å². The minimum Gasteiger partial charge on any atom is -0.497 e. The van der Waals surface area contributed by atoms with Crippen LogP contribution in [0.15, 0.2) is 97.1 Å². The molecule has 4 aromatic rings. The van der Waals surface area contributed by atoms with E-state index in [2.05, 4.69) is 56.3 Å². The molecule has 36 heavy (non-hydrogen) atoms. The zero-order valence-electron chi connectivity index (χ0n) is 21.9. The van der Waals surface area contributed by atoms with E-state index >= 15 is 0 Å². The quantitative estimate of drug-likeness (QED) is 0.248. The number of ether oxygens (including phenoxy) is 1. The first kappa shape index (κ1) is 25.7. The number of rotatable bonds is 7. The second kappa shape index (κ2) is 12.0. The van der Waals surface area contributed by atoms with E-state index in [0.717, 1.165) is 22.8 Å². The Hall–Kier alpha value is -3.39. The number of hydrogen-bond donors (Lipinski definition) is 0. The number of methoxy groups -OCH3 is 1. The van der Waals surface area contributed by atoms with Gasteiger partial charge in [-0.3, -0.25) is 4.79 Å². The number of fused-ring (bicyclic) bond motifs is 1. The predicted octanol–water partition coefficient (Wildman–Crippen LogP) is 8.72. The molecule has 0 amide bonds. The summed E-state index contributed by atoms with van der Waals surface area (Å²) in [6, 6.07) is 32.5. The first-order valence-corrected chi connectivity index (χ1v) is 13.2. The van der Waals surface area contributed by atoms with Crippen LogP contribution in [0.3, 0.4) is 0 Å². The molecular weight excluding hydrogens is 440 g/mol. The van der Waals surface area contributed by atoms with E-state index in [1.54, 1.807) is 12.7 Å². The van der Waals surface area contributed by atoms with Gasteiger partial charge in [0, 0.05) is 12.0 Å². The van der Waals surface area contributed by atoms with Gasteiger partial charge in [-0.15, -0.1) is 0 Å². The van der Waals surface area contributed by atoms with Gasteiger partial charge in [0.2, 0.25) is 0 Å². The molecule has 0 aromatic heterocycles. The average molecular weight is 479 g/mol. The predicted molar refractivity (Wildman–Crippen MR) is 151 cm³/mol. The van der Waals surface area contributed by atoms with Crippen LogP contribution in [-0.4, -0.2) is 12.9 Å². The molecule has 0 saturated heterocycles. The molecule has 0 heterocycles. The molecule has 0 spiro atoms. The highest BCUT2D eigenvalue weighted by Gasteiger charge is 2.33. The maximum absolute atomic E-state index is 11.9. The van der Waals surface area contributed by atoms with Crippen LogP contribution in [0.4, 0.5) is 0 Å². The molecular formula is C34H38O2. The molecule has 2 nitrogen and oxygen atoms in total. The highest BCUT2D eigenvalue weighted by Crippen LogP contribution is 2.45. The van der Waals surface area contributed by atoms with Gasteiger partial charge in [0.15, 0.2) is 5.78 Å². The van der Waals surface area contributed by atoms with Crippen LogP contribution >= 0.6 is 0 Å².